The van der Waals surface area contributed by atoms with Crippen LogP contribution in [-0.2, 0) is 11.2 Å². The minimum Gasteiger partial charge on any atom is -0.333 e. The van der Waals surface area contributed by atoms with Crippen molar-refractivity contribution < 1.29 is 10.1 Å². The van der Waals surface area contributed by atoms with Crippen molar-refractivity contribution in [3.8, 4) is 0 Å². The van der Waals surface area contributed by atoms with Gasteiger partial charge in [-0.15, -0.1) is 0 Å². The van der Waals surface area contributed by atoms with E-state index in [1.54, 1.807) is 0 Å². The normalized spacial score (nSPS) is 22.9. The maximum Gasteiger partial charge on any atom is 0.148 e. The van der Waals surface area contributed by atoms with Crippen LogP contribution < -0.4 is 5.32 Å². The minimum absolute atomic E-state index is 0.0137. The Bertz CT molecular complexity index is 845. The zero-order valence-electron chi connectivity index (χ0n) is 14.8. The largest absolute Gasteiger partial charge is 0.333 e. The van der Waals surface area contributed by atoms with E-state index in [1.807, 2.05) is 18.2 Å². The molecule has 0 aliphatic carbocycles. The molecule has 1 aliphatic heterocycles. The first kappa shape index (κ1) is 16.7. The van der Waals surface area contributed by atoms with Crippen LogP contribution in [0.1, 0.15) is 35.2 Å². The van der Waals surface area contributed by atoms with Crippen LogP contribution in [0.25, 0.3) is 0 Å². The molecule has 2 heteroatoms. The molecule has 3 atom stereocenters. The van der Waals surface area contributed by atoms with Gasteiger partial charge in [0.2, 0.25) is 0 Å². The first-order valence-electron chi connectivity index (χ1n) is 9.33. The highest BCUT2D eigenvalue weighted by molar-refractivity contribution is 5.83. The summed E-state index contributed by atoms with van der Waals surface area (Å²) in [4.78, 5) is 13.1. The molecule has 1 aliphatic rings. The fourth-order valence-corrected chi connectivity index (χ4v) is 4.08. The molecule has 2 N–H and O–H groups in total. The van der Waals surface area contributed by atoms with Crippen molar-refractivity contribution in [1.29, 1.82) is 0 Å². The Balaban J connectivity index is 1.65. The molecular formula is C24H24NO+. The molecular weight excluding hydrogens is 318 g/mol. The van der Waals surface area contributed by atoms with Crippen LogP contribution in [0.15, 0.2) is 91.0 Å². The van der Waals surface area contributed by atoms with Crippen molar-refractivity contribution in [2.24, 2.45) is 5.92 Å². The average molecular weight is 342 g/mol. The summed E-state index contributed by atoms with van der Waals surface area (Å²) in [5.41, 5.74) is 3.71. The van der Waals surface area contributed by atoms with E-state index in [0.29, 0.717) is 12.2 Å². The predicted octanol–water partition coefficient (Wildman–Crippen LogP) is 3.86. The zero-order chi connectivity index (χ0) is 17.8. The Hall–Kier alpha value is -2.71. The standard InChI is InChI=1S/C24H23NO/c26-23-17-22(19-12-6-2-7-13-19)25-24(20-14-8-3-9-15-20)21(23)16-18-10-4-1-5-11-18/h1-15,21-22,24-25H,16-17H2/p+1/t21-,22+,24+/m1/s1. The summed E-state index contributed by atoms with van der Waals surface area (Å²) in [5, 5.41) is 2.40. The van der Waals surface area contributed by atoms with Crippen molar-refractivity contribution in [1.82, 2.24) is 0 Å². The van der Waals surface area contributed by atoms with Crippen molar-refractivity contribution in [3.05, 3.63) is 108 Å². The molecule has 0 spiro atoms. The van der Waals surface area contributed by atoms with E-state index in [2.05, 4.69) is 78.1 Å². The lowest BCUT2D eigenvalue weighted by atomic mass is 9.78. The molecule has 0 radical (unpaired) electrons. The van der Waals surface area contributed by atoms with Gasteiger partial charge in [-0.2, -0.15) is 0 Å². The predicted molar refractivity (Wildman–Crippen MR) is 104 cm³/mol. The molecule has 0 bridgehead atoms. The van der Waals surface area contributed by atoms with Crippen LogP contribution in [0.2, 0.25) is 0 Å². The third-order valence-corrected chi connectivity index (χ3v) is 5.42. The highest BCUT2D eigenvalue weighted by Gasteiger charge is 2.41. The number of rotatable bonds is 4. The van der Waals surface area contributed by atoms with Gasteiger partial charge in [-0.3, -0.25) is 4.79 Å². The summed E-state index contributed by atoms with van der Waals surface area (Å²) < 4.78 is 0. The van der Waals surface area contributed by atoms with Crippen LogP contribution in [-0.4, -0.2) is 5.78 Å². The Kier molecular flexibility index (Phi) is 4.94. The van der Waals surface area contributed by atoms with E-state index in [0.717, 1.165) is 6.42 Å². The first-order valence-corrected chi connectivity index (χ1v) is 9.33. The maximum atomic E-state index is 13.1. The average Bonchev–Trinajstić information content (AvgIpc) is 2.71. The molecule has 1 fully saturated rings. The zero-order valence-corrected chi connectivity index (χ0v) is 14.8. The molecule has 3 aromatic rings. The van der Waals surface area contributed by atoms with Gasteiger partial charge in [0.05, 0.1) is 12.3 Å². The van der Waals surface area contributed by atoms with Crippen molar-refractivity contribution in [3.63, 3.8) is 0 Å². The topological polar surface area (TPSA) is 33.7 Å². The quantitative estimate of drug-likeness (QED) is 0.767. The van der Waals surface area contributed by atoms with Gasteiger partial charge in [0.15, 0.2) is 0 Å². The summed E-state index contributed by atoms with van der Waals surface area (Å²) >= 11 is 0. The number of piperidine rings is 1. The fourth-order valence-electron chi connectivity index (χ4n) is 4.08. The van der Waals surface area contributed by atoms with Gasteiger partial charge in [0.25, 0.3) is 0 Å². The van der Waals surface area contributed by atoms with E-state index >= 15 is 0 Å². The number of hydrogen-bond acceptors (Lipinski definition) is 1. The van der Waals surface area contributed by atoms with Crippen LogP contribution in [0.3, 0.4) is 0 Å². The second-order valence-corrected chi connectivity index (χ2v) is 7.11. The van der Waals surface area contributed by atoms with E-state index < -0.39 is 0 Å². The molecule has 0 amide bonds. The molecule has 26 heavy (non-hydrogen) atoms. The smallest absolute Gasteiger partial charge is 0.148 e. The molecule has 1 saturated heterocycles. The Morgan fingerprint density at radius 1 is 0.731 bits per heavy atom. The number of carbonyl (C=O) groups is 1. The SMILES string of the molecule is O=C1C[C@@H](c2ccccc2)[NH2+][C@@H](c2ccccc2)[C@@H]1Cc1ccccc1. The monoisotopic (exact) mass is 342 g/mol. The van der Waals surface area contributed by atoms with E-state index in [1.165, 1.54) is 16.7 Å². The van der Waals surface area contributed by atoms with E-state index in [9.17, 15) is 4.79 Å². The lowest BCUT2D eigenvalue weighted by Gasteiger charge is -2.34. The third-order valence-electron chi connectivity index (χ3n) is 5.42. The number of benzene rings is 3. The van der Waals surface area contributed by atoms with Gasteiger partial charge < -0.3 is 5.32 Å². The summed E-state index contributed by atoms with van der Waals surface area (Å²) in [6, 6.07) is 31.6. The number of nitrogens with two attached hydrogens (primary N) is 1. The Morgan fingerprint density at radius 2 is 1.27 bits per heavy atom. The molecule has 4 rings (SSSR count). The van der Waals surface area contributed by atoms with Crippen molar-refractivity contribution in [2.45, 2.75) is 24.9 Å². The Labute approximate surface area is 154 Å². The fraction of sp³-hybridized carbons (Fsp3) is 0.208. The van der Waals surface area contributed by atoms with E-state index in [4.69, 9.17) is 0 Å². The minimum atomic E-state index is 0.0137. The lowest BCUT2D eigenvalue weighted by Crippen LogP contribution is -2.90. The summed E-state index contributed by atoms with van der Waals surface area (Å²) in [6.07, 6.45) is 1.40. The first-order chi connectivity index (χ1) is 12.8. The van der Waals surface area contributed by atoms with Gasteiger partial charge in [-0.05, 0) is 12.0 Å². The van der Waals surface area contributed by atoms with Crippen LogP contribution >= 0.6 is 0 Å². The second-order valence-electron chi connectivity index (χ2n) is 7.11. The van der Waals surface area contributed by atoms with Crippen LogP contribution in [0.4, 0.5) is 0 Å². The van der Waals surface area contributed by atoms with Gasteiger partial charge in [-0.25, -0.2) is 0 Å². The lowest BCUT2D eigenvalue weighted by molar-refractivity contribution is -0.743. The number of Topliss-reactive ketones (excluding diaryl/α,β-unsaturated/α-hetero) is 1. The second kappa shape index (κ2) is 7.67. The van der Waals surface area contributed by atoms with Crippen LogP contribution in [0, 0.1) is 5.92 Å². The summed E-state index contributed by atoms with van der Waals surface area (Å²) in [6.45, 7) is 0. The van der Waals surface area contributed by atoms with Gasteiger partial charge in [-0.1, -0.05) is 91.0 Å². The number of carbonyl (C=O) groups excluding carboxylic acids is 1. The van der Waals surface area contributed by atoms with Crippen molar-refractivity contribution >= 4 is 5.78 Å². The maximum absolute atomic E-state index is 13.1. The molecule has 130 valence electrons. The number of quaternary nitrogens is 1. The molecule has 0 saturated carbocycles. The van der Waals surface area contributed by atoms with Crippen molar-refractivity contribution in [2.75, 3.05) is 0 Å². The van der Waals surface area contributed by atoms with Gasteiger partial charge in [0.1, 0.15) is 17.9 Å². The summed E-state index contributed by atoms with van der Waals surface area (Å²) in [7, 11) is 0. The third kappa shape index (κ3) is 3.61. The van der Waals surface area contributed by atoms with Crippen LogP contribution in [0.5, 0.6) is 0 Å². The molecule has 2 nitrogen and oxygen atoms in total. The molecule has 3 aromatic carbocycles. The number of hydrogen-bond donors (Lipinski definition) is 1. The number of ketones is 1. The molecule has 0 unspecified atom stereocenters. The molecule has 1 heterocycles. The van der Waals surface area contributed by atoms with E-state index in [-0.39, 0.29) is 18.0 Å². The van der Waals surface area contributed by atoms with Gasteiger partial charge in [0, 0.05) is 11.1 Å². The van der Waals surface area contributed by atoms with Gasteiger partial charge >= 0.3 is 0 Å². The summed E-state index contributed by atoms with van der Waals surface area (Å²) in [5.74, 6) is 0.388. The highest BCUT2D eigenvalue weighted by atomic mass is 16.1. The Morgan fingerprint density at radius 3 is 1.88 bits per heavy atom. The molecule has 0 aromatic heterocycles. The highest BCUT2D eigenvalue weighted by Crippen LogP contribution is 2.31.